The molecule has 0 rings (SSSR count). The van der Waals surface area contributed by atoms with Crippen LogP contribution in [0.5, 0.6) is 0 Å². The third kappa shape index (κ3) is 13.4. The maximum Gasteiger partial charge on any atom is 0.302 e. The van der Waals surface area contributed by atoms with E-state index in [0.29, 0.717) is 6.61 Å². The van der Waals surface area contributed by atoms with Crippen LogP contribution in [0.2, 0.25) is 0 Å². The van der Waals surface area contributed by atoms with Crippen molar-refractivity contribution in [1.82, 2.24) is 0 Å². The SMILES string of the molecule is CCCC(C)CCCCCCCCOC(C)=O. The van der Waals surface area contributed by atoms with Gasteiger partial charge in [-0.3, -0.25) is 4.79 Å². The Morgan fingerprint density at radius 1 is 1.00 bits per heavy atom. The van der Waals surface area contributed by atoms with Crippen LogP contribution in [-0.4, -0.2) is 12.6 Å². The van der Waals surface area contributed by atoms with E-state index in [1.165, 1.54) is 58.3 Å². The zero-order valence-corrected chi connectivity index (χ0v) is 12.0. The summed E-state index contributed by atoms with van der Waals surface area (Å²) in [6.07, 6.45) is 11.7. The number of carbonyl (C=O) groups excluding carboxylic acids is 1. The molecule has 0 aromatic rings. The minimum Gasteiger partial charge on any atom is -0.466 e. The number of hydrogen-bond acceptors (Lipinski definition) is 2. The minimum absolute atomic E-state index is 0.157. The molecule has 17 heavy (non-hydrogen) atoms. The normalized spacial score (nSPS) is 12.4. The number of ether oxygens (including phenoxy) is 1. The largest absolute Gasteiger partial charge is 0.466 e. The lowest BCUT2D eigenvalue weighted by Gasteiger charge is -2.09. The molecule has 0 radical (unpaired) electrons. The Bertz CT molecular complexity index is 178. The molecule has 2 nitrogen and oxygen atoms in total. The Kier molecular flexibility index (Phi) is 11.6. The molecule has 0 aliphatic rings. The van der Waals surface area contributed by atoms with E-state index >= 15 is 0 Å². The number of hydrogen-bond donors (Lipinski definition) is 0. The Morgan fingerprint density at radius 3 is 2.18 bits per heavy atom. The Labute approximate surface area is 107 Å². The van der Waals surface area contributed by atoms with Crippen molar-refractivity contribution in [3.8, 4) is 0 Å². The van der Waals surface area contributed by atoms with E-state index < -0.39 is 0 Å². The van der Waals surface area contributed by atoms with E-state index in [2.05, 4.69) is 13.8 Å². The summed E-state index contributed by atoms with van der Waals surface area (Å²) < 4.78 is 4.89. The predicted octanol–water partition coefficient (Wildman–Crippen LogP) is 4.72. The monoisotopic (exact) mass is 242 g/mol. The summed E-state index contributed by atoms with van der Waals surface area (Å²) in [6.45, 7) is 6.70. The highest BCUT2D eigenvalue weighted by Gasteiger charge is 2.00. The number of unbranched alkanes of at least 4 members (excludes halogenated alkanes) is 5. The summed E-state index contributed by atoms with van der Waals surface area (Å²) in [5.41, 5.74) is 0. The lowest BCUT2D eigenvalue weighted by atomic mass is 9.98. The highest BCUT2D eigenvalue weighted by Crippen LogP contribution is 2.15. The van der Waals surface area contributed by atoms with Crippen LogP contribution >= 0.6 is 0 Å². The zero-order chi connectivity index (χ0) is 12.9. The number of esters is 1. The maximum atomic E-state index is 10.5. The first-order valence-corrected chi connectivity index (χ1v) is 7.30. The highest BCUT2D eigenvalue weighted by atomic mass is 16.5. The van der Waals surface area contributed by atoms with E-state index in [1.54, 1.807) is 0 Å². The van der Waals surface area contributed by atoms with E-state index in [4.69, 9.17) is 4.74 Å². The van der Waals surface area contributed by atoms with Crippen molar-refractivity contribution in [1.29, 1.82) is 0 Å². The molecule has 0 aromatic heterocycles. The molecule has 0 heterocycles. The van der Waals surface area contributed by atoms with Gasteiger partial charge < -0.3 is 4.74 Å². The summed E-state index contributed by atoms with van der Waals surface area (Å²) in [4.78, 5) is 10.5. The molecule has 0 amide bonds. The van der Waals surface area contributed by atoms with Crippen molar-refractivity contribution in [2.75, 3.05) is 6.61 Å². The average molecular weight is 242 g/mol. The van der Waals surface area contributed by atoms with Crippen molar-refractivity contribution in [2.45, 2.75) is 78.6 Å². The van der Waals surface area contributed by atoms with Crippen molar-refractivity contribution in [3.05, 3.63) is 0 Å². The van der Waals surface area contributed by atoms with Crippen LogP contribution in [0.25, 0.3) is 0 Å². The van der Waals surface area contributed by atoms with Crippen LogP contribution in [0.4, 0.5) is 0 Å². The average Bonchev–Trinajstić information content (AvgIpc) is 2.27. The Morgan fingerprint density at radius 2 is 1.59 bits per heavy atom. The van der Waals surface area contributed by atoms with Crippen LogP contribution in [0.15, 0.2) is 0 Å². The standard InChI is InChI=1S/C15H30O2/c1-4-11-14(2)12-9-7-5-6-8-10-13-17-15(3)16/h14H,4-13H2,1-3H3. The molecule has 0 bridgehead atoms. The third-order valence-electron chi connectivity index (χ3n) is 3.18. The van der Waals surface area contributed by atoms with Gasteiger partial charge in [-0.15, -0.1) is 0 Å². The molecule has 0 aliphatic carbocycles. The first-order valence-electron chi connectivity index (χ1n) is 7.30. The van der Waals surface area contributed by atoms with Gasteiger partial charge in [-0.05, 0) is 12.3 Å². The lowest BCUT2D eigenvalue weighted by molar-refractivity contribution is -0.141. The summed E-state index contributed by atoms with van der Waals surface area (Å²) in [7, 11) is 0. The topological polar surface area (TPSA) is 26.3 Å². The fourth-order valence-corrected chi connectivity index (χ4v) is 2.16. The second kappa shape index (κ2) is 11.9. The number of rotatable bonds is 11. The molecule has 0 N–H and O–H groups in total. The molecule has 0 aromatic carbocycles. The van der Waals surface area contributed by atoms with Gasteiger partial charge in [0.2, 0.25) is 0 Å². The summed E-state index contributed by atoms with van der Waals surface area (Å²) >= 11 is 0. The van der Waals surface area contributed by atoms with Gasteiger partial charge in [0, 0.05) is 6.92 Å². The first-order chi connectivity index (χ1) is 8.16. The van der Waals surface area contributed by atoms with Crippen LogP contribution in [0, 0.1) is 5.92 Å². The lowest BCUT2D eigenvalue weighted by Crippen LogP contribution is -2.00. The van der Waals surface area contributed by atoms with Gasteiger partial charge in [0.1, 0.15) is 0 Å². The second-order valence-corrected chi connectivity index (χ2v) is 5.14. The summed E-state index contributed by atoms with van der Waals surface area (Å²) in [5.74, 6) is 0.749. The quantitative estimate of drug-likeness (QED) is 0.387. The summed E-state index contributed by atoms with van der Waals surface area (Å²) in [6, 6.07) is 0. The van der Waals surface area contributed by atoms with E-state index in [1.807, 2.05) is 0 Å². The van der Waals surface area contributed by atoms with Gasteiger partial charge >= 0.3 is 5.97 Å². The number of carbonyl (C=O) groups is 1. The van der Waals surface area contributed by atoms with Gasteiger partial charge in [-0.1, -0.05) is 65.2 Å². The summed E-state index contributed by atoms with van der Waals surface area (Å²) in [5, 5.41) is 0. The highest BCUT2D eigenvalue weighted by molar-refractivity contribution is 5.65. The maximum absolute atomic E-state index is 10.5. The molecule has 1 unspecified atom stereocenters. The fraction of sp³-hybridized carbons (Fsp3) is 0.933. The van der Waals surface area contributed by atoms with E-state index in [9.17, 15) is 4.79 Å². The van der Waals surface area contributed by atoms with Crippen molar-refractivity contribution in [2.24, 2.45) is 5.92 Å². The molecule has 0 fully saturated rings. The van der Waals surface area contributed by atoms with Crippen molar-refractivity contribution in [3.63, 3.8) is 0 Å². The zero-order valence-electron chi connectivity index (χ0n) is 12.0. The van der Waals surface area contributed by atoms with Gasteiger partial charge in [0.15, 0.2) is 0 Å². The molecule has 0 saturated carbocycles. The first kappa shape index (κ1) is 16.5. The van der Waals surface area contributed by atoms with Crippen LogP contribution in [-0.2, 0) is 9.53 Å². The van der Waals surface area contributed by atoms with Crippen molar-refractivity contribution < 1.29 is 9.53 Å². The third-order valence-corrected chi connectivity index (χ3v) is 3.18. The Hall–Kier alpha value is -0.530. The van der Waals surface area contributed by atoms with Gasteiger partial charge in [-0.2, -0.15) is 0 Å². The van der Waals surface area contributed by atoms with Gasteiger partial charge in [0.25, 0.3) is 0 Å². The molecule has 1 atom stereocenters. The van der Waals surface area contributed by atoms with Gasteiger partial charge in [0.05, 0.1) is 6.61 Å². The van der Waals surface area contributed by atoms with Crippen molar-refractivity contribution >= 4 is 5.97 Å². The van der Waals surface area contributed by atoms with Crippen LogP contribution in [0.1, 0.15) is 78.6 Å². The molecule has 102 valence electrons. The van der Waals surface area contributed by atoms with Crippen LogP contribution in [0.3, 0.4) is 0 Å². The molecular weight excluding hydrogens is 212 g/mol. The molecular formula is C15H30O2. The van der Waals surface area contributed by atoms with Gasteiger partial charge in [-0.25, -0.2) is 0 Å². The molecule has 0 spiro atoms. The van der Waals surface area contributed by atoms with Crippen LogP contribution < -0.4 is 0 Å². The minimum atomic E-state index is -0.157. The molecule has 2 heteroatoms. The smallest absolute Gasteiger partial charge is 0.302 e. The molecule has 0 saturated heterocycles. The Balaban J connectivity index is 3.05. The van der Waals surface area contributed by atoms with E-state index in [0.717, 1.165) is 12.3 Å². The predicted molar refractivity (Wildman–Crippen MR) is 73.0 cm³/mol. The molecule has 0 aliphatic heterocycles. The van der Waals surface area contributed by atoms with E-state index in [-0.39, 0.29) is 5.97 Å². The second-order valence-electron chi connectivity index (χ2n) is 5.14. The fourth-order valence-electron chi connectivity index (χ4n) is 2.16.